The topological polar surface area (TPSA) is 164 Å². The Labute approximate surface area is 357 Å². The summed E-state index contributed by atoms with van der Waals surface area (Å²) in [5, 5.41) is 18.9. The molecule has 0 atom stereocenters. The van der Waals surface area contributed by atoms with E-state index in [1.165, 1.54) is 12.8 Å². The fourth-order valence-electron chi connectivity index (χ4n) is 7.37. The number of halogens is 6. The van der Waals surface area contributed by atoms with Crippen molar-refractivity contribution in [2.45, 2.75) is 71.0 Å². The number of rotatable bonds is 11. The number of hydrogen-bond donors (Lipinski definition) is 1. The number of benzene rings is 1. The summed E-state index contributed by atoms with van der Waals surface area (Å²) in [5.41, 5.74) is 6.45. The van der Waals surface area contributed by atoms with Gasteiger partial charge in [0.15, 0.2) is 40.4 Å². The van der Waals surface area contributed by atoms with Crippen molar-refractivity contribution in [3.63, 3.8) is 0 Å². The van der Waals surface area contributed by atoms with Crippen molar-refractivity contribution in [1.82, 2.24) is 58.7 Å². The van der Waals surface area contributed by atoms with E-state index in [2.05, 4.69) is 52.2 Å². The van der Waals surface area contributed by atoms with E-state index in [9.17, 15) is 17.6 Å². The van der Waals surface area contributed by atoms with Crippen molar-refractivity contribution in [2.75, 3.05) is 48.8 Å². The van der Waals surface area contributed by atoms with Gasteiger partial charge in [0.25, 0.3) is 0 Å². The molecule has 0 unspecified atom stereocenters. The molecule has 61 heavy (non-hydrogen) atoms. The Morgan fingerprint density at radius 1 is 0.754 bits per heavy atom. The SMILES string of the molecule is COc1ccc(Cn2nc(CCc3nc4c(Cl)cc(Cl)c(C)n4n3)nc2N2CCCC2)cc1.Cn1nc(N2CCCC2)nc1CCc1nc2cc(C(F)(F)F)c(F)c(N)n2n1. The van der Waals surface area contributed by atoms with E-state index in [1.54, 1.807) is 29.4 Å². The first kappa shape index (κ1) is 42.0. The van der Waals surface area contributed by atoms with E-state index >= 15 is 0 Å². The molecule has 2 aliphatic rings. The van der Waals surface area contributed by atoms with Crippen LogP contribution in [0.4, 0.5) is 35.3 Å². The number of anilines is 3. The Kier molecular flexibility index (Phi) is 11.9. The highest BCUT2D eigenvalue weighted by atomic mass is 35.5. The average Bonchev–Trinajstić information content (AvgIpc) is 4.09. The van der Waals surface area contributed by atoms with Gasteiger partial charge < -0.3 is 20.3 Å². The van der Waals surface area contributed by atoms with Crippen LogP contribution >= 0.6 is 23.2 Å². The van der Waals surface area contributed by atoms with Gasteiger partial charge in [-0.3, -0.25) is 4.68 Å². The van der Waals surface area contributed by atoms with E-state index < -0.39 is 23.4 Å². The number of hydrogen-bond acceptors (Lipinski definition) is 12. The molecular weight excluding hydrogens is 841 g/mol. The van der Waals surface area contributed by atoms with Gasteiger partial charge in [0.05, 0.1) is 35.0 Å². The van der Waals surface area contributed by atoms with E-state index in [-0.39, 0.29) is 11.5 Å². The van der Waals surface area contributed by atoms with Gasteiger partial charge in [-0.05, 0) is 62.4 Å². The molecule has 0 aliphatic carbocycles. The number of nitrogens with two attached hydrogens (primary N) is 1. The minimum Gasteiger partial charge on any atom is -0.497 e. The quantitative estimate of drug-likeness (QED) is 0.143. The summed E-state index contributed by atoms with van der Waals surface area (Å²) in [6.45, 7) is 6.41. The van der Waals surface area contributed by atoms with Crippen LogP contribution < -0.4 is 20.3 Å². The third kappa shape index (κ3) is 9.00. The van der Waals surface area contributed by atoms with Crippen LogP contribution in [0.25, 0.3) is 11.3 Å². The minimum absolute atomic E-state index is 0.156. The molecule has 0 bridgehead atoms. The molecule has 322 valence electrons. The molecular formula is C39H43Cl2F4N15O. The van der Waals surface area contributed by atoms with Crippen molar-refractivity contribution in [2.24, 2.45) is 7.05 Å². The van der Waals surface area contributed by atoms with E-state index in [0.717, 1.165) is 72.3 Å². The summed E-state index contributed by atoms with van der Waals surface area (Å²) in [5.74, 6) is 2.58. The van der Waals surface area contributed by atoms with Gasteiger partial charge in [0.2, 0.25) is 11.9 Å². The number of aryl methyl sites for hydroxylation is 6. The van der Waals surface area contributed by atoms with Crippen LogP contribution in [0.2, 0.25) is 10.0 Å². The van der Waals surface area contributed by atoms with Crippen molar-refractivity contribution in [1.29, 1.82) is 0 Å². The lowest BCUT2D eigenvalue weighted by atomic mass is 10.2. The molecule has 2 fully saturated rings. The molecule has 2 N–H and O–H groups in total. The van der Waals surface area contributed by atoms with Crippen molar-refractivity contribution in [3.8, 4) is 5.75 Å². The number of nitrogens with zero attached hydrogens (tertiary/aromatic N) is 14. The second-order valence-electron chi connectivity index (χ2n) is 14.9. The summed E-state index contributed by atoms with van der Waals surface area (Å²) in [7, 11) is 3.45. The fourth-order valence-corrected chi connectivity index (χ4v) is 7.85. The largest absolute Gasteiger partial charge is 0.497 e. The molecule has 0 spiro atoms. The Hall–Kier alpha value is -5.76. The van der Waals surface area contributed by atoms with Crippen LogP contribution in [-0.2, 0) is 45.5 Å². The molecule has 2 aliphatic heterocycles. The van der Waals surface area contributed by atoms with Gasteiger partial charge in [0, 0.05) is 58.9 Å². The van der Waals surface area contributed by atoms with E-state index in [4.69, 9.17) is 43.8 Å². The summed E-state index contributed by atoms with van der Waals surface area (Å²) in [6, 6.07) is 10.4. The lowest BCUT2D eigenvalue weighted by Gasteiger charge is -2.16. The van der Waals surface area contributed by atoms with Gasteiger partial charge >= 0.3 is 6.18 Å². The predicted octanol–water partition coefficient (Wildman–Crippen LogP) is 6.36. The zero-order chi connectivity index (χ0) is 43.0. The van der Waals surface area contributed by atoms with Gasteiger partial charge in [0.1, 0.15) is 11.6 Å². The number of methoxy groups -OCH3 is 1. The summed E-state index contributed by atoms with van der Waals surface area (Å²) in [4.78, 5) is 22.5. The Morgan fingerprint density at radius 2 is 1.38 bits per heavy atom. The van der Waals surface area contributed by atoms with Crippen LogP contribution in [0.5, 0.6) is 5.75 Å². The molecule has 0 radical (unpaired) electrons. The predicted molar refractivity (Wildman–Crippen MR) is 221 cm³/mol. The van der Waals surface area contributed by atoms with Crippen molar-refractivity contribution >= 4 is 52.2 Å². The molecule has 16 nitrogen and oxygen atoms in total. The van der Waals surface area contributed by atoms with E-state index in [0.29, 0.717) is 71.6 Å². The first-order valence-corrected chi connectivity index (χ1v) is 20.6. The van der Waals surface area contributed by atoms with Gasteiger partial charge in [-0.15, -0.1) is 10.2 Å². The number of pyridine rings is 2. The smallest absolute Gasteiger partial charge is 0.419 e. The summed E-state index contributed by atoms with van der Waals surface area (Å²) >= 11 is 12.5. The maximum atomic E-state index is 13.9. The van der Waals surface area contributed by atoms with E-state index in [1.807, 2.05) is 23.7 Å². The molecule has 1 aromatic carbocycles. The number of aromatic nitrogens is 12. The maximum absolute atomic E-state index is 13.9. The highest BCUT2D eigenvalue weighted by molar-refractivity contribution is 6.36. The number of ether oxygens (including phenoxy) is 1. The third-order valence-corrected chi connectivity index (χ3v) is 11.3. The van der Waals surface area contributed by atoms with Crippen LogP contribution in [0.1, 0.15) is 65.8 Å². The minimum atomic E-state index is -4.86. The standard InChI is InChI=1S/C23H25Cl2N7O.C16H18F4N8/c1-15-18(24)13-19(25)22-26-20(29-32(15)22)9-10-21-27-23(30-11-3-4-12-30)31(28-21)14-16-5-7-17(33-2)8-6-16;1-26-11(23-15(25-26)27-6-2-3-7-27)5-4-10-22-12-8-9(16(18,19)20)13(17)14(21)28(12)24-10/h5-8,13H,3-4,9-12,14H2,1-2H3;8H,2-7,21H2,1H3. The molecule has 0 amide bonds. The first-order chi connectivity index (χ1) is 29.2. The molecule has 8 heterocycles. The number of alkyl halides is 3. The lowest BCUT2D eigenvalue weighted by Crippen LogP contribution is -2.22. The van der Waals surface area contributed by atoms with Crippen LogP contribution in [-0.4, -0.2) is 92.0 Å². The van der Waals surface area contributed by atoms with Gasteiger partial charge in [-0.2, -0.15) is 37.9 Å². The monoisotopic (exact) mass is 883 g/mol. The third-order valence-electron chi connectivity index (χ3n) is 10.7. The molecule has 9 rings (SSSR count). The molecule has 6 aromatic heterocycles. The fraction of sp³-hybridized carbons (Fsp3) is 0.436. The maximum Gasteiger partial charge on any atom is 0.419 e. The van der Waals surface area contributed by atoms with Crippen LogP contribution in [0, 0.1) is 12.7 Å². The highest BCUT2D eigenvalue weighted by Gasteiger charge is 2.36. The molecule has 22 heteroatoms. The Balaban J connectivity index is 0.000000171. The van der Waals surface area contributed by atoms with Gasteiger partial charge in [-0.1, -0.05) is 35.3 Å². The number of nitrogen functional groups attached to an aromatic ring is 1. The van der Waals surface area contributed by atoms with Crippen LogP contribution in [0.3, 0.4) is 0 Å². The molecule has 0 saturated carbocycles. The Bertz CT molecular complexity index is 2660. The first-order valence-electron chi connectivity index (χ1n) is 19.8. The Morgan fingerprint density at radius 3 is 2.05 bits per heavy atom. The second kappa shape index (κ2) is 17.3. The molecule has 2 saturated heterocycles. The zero-order valence-electron chi connectivity index (χ0n) is 33.7. The van der Waals surface area contributed by atoms with Crippen molar-refractivity contribution < 1.29 is 22.3 Å². The van der Waals surface area contributed by atoms with Gasteiger partial charge in [-0.25, -0.2) is 23.6 Å². The summed E-state index contributed by atoms with van der Waals surface area (Å²) < 4.78 is 64.2. The lowest BCUT2D eigenvalue weighted by molar-refractivity contribution is -0.139. The zero-order valence-corrected chi connectivity index (χ0v) is 35.2. The average molecular weight is 885 g/mol. The van der Waals surface area contributed by atoms with Crippen LogP contribution in [0.15, 0.2) is 36.4 Å². The normalized spacial score (nSPS) is 14.4. The molecule has 7 aromatic rings. The summed E-state index contributed by atoms with van der Waals surface area (Å²) in [6.07, 6.45) is 1.69. The second-order valence-corrected chi connectivity index (χ2v) is 15.7. The highest BCUT2D eigenvalue weighted by Crippen LogP contribution is 2.34. The number of fused-ring (bicyclic) bond motifs is 2. The van der Waals surface area contributed by atoms with Crippen molar-refractivity contribution in [3.05, 3.63) is 92.4 Å².